The number of hydrogen-bond donors (Lipinski definition) is 0. The van der Waals surface area contributed by atoms with E-state index in [0.29, 0.717) is 0 Å². The molecule has 0 radical (unpaired) electrons. The fraction of sp³-hybridized carbons (Fsp3) is 0.0556. The number of carbonyl (C=O) groups excluding carboxylic acids is 1. The van der Waals surface area contributed by atoms with Gasteiger partial charge in [-0.25, -0.2) is 0 Å². The van der Waals surface area contributed by atoms with Crippen molar-refractivity contribution in [2.75, 3.05) is 0 Å². The predicted octanol–water partition coefficient (Wildman–Crippen LogP) is 4.94. The normalized spacial score (nSPS) is 10.6. The van der Waals surface area contributed by atoms with Crippen LogP contribution in [0.25, 0.3) is 10.8 Å². The maximum Gasteiger partial charge on any atom is 0.150 e. The van der Waals surface area contributed by atoms with Crippen LogP contribution in [-0.4, -0.2) is 6.29 Å². The van der Waals surface area contributed by atoms with Crippen LogP contribution in [0.4, 0.5) is 0 Å². The molecule has 0 amide bonds. The summed E-state index contributed by atoms with van der Waals surface area (Å²) in [5.41, 5.74) is 2.05. The maximum atomic E-state index is 10.8. The van der Waals surface area contributed by atoms with Crippen LogP contribution in [0, 0.1) is 0 Å². The predicted molar refractivity (Wildman–Crippen MR) is 85.3 cm³/mol. The van der Waals surface area contributed by atoms with Crippen LogP contribution in [0.15, 0.2) is 71.6 Å². The van der Waals surface area contributed by atoms with E-state index in [9.17, 15) is 4.79 Å². The molecule has 0 atom stereocenters. The minimum absolute atomic E-state index is 0.730. The summed E-state index contributed by atoms with van der Waals surface area (Å²) in [4.78, 5) is 11.9. The molecule has 0 aliphatic rings. The lowest BCUT2D eigenvalue weighted by Gasteiger charge is -2.06. The average molecular weight is 278 g/mol. The Morgan fingerprint density at radius 3 is 2.60 bits per heavy atom. The first-order valence-electron chi connectivity index (χ1n) is 6.51. The molecule has 3 rings (SSSR count). The fourth-order valence-electron chi connectivity index (χ4n) is 2.26. The molecule has 20 heavy (non-hydrogen) atoms. The van der Waals surface area contributed by atoms with Crippen molar-refractivity contribution in [1.82, 2.24) is 0 Å². The van der Waals surface area contributed by atoms with E-state index in [4.69, 9.17) is 0 Å². The Labute approximate surface area is 122 Å². The molecule has 0 N–H and O–H groups in total. The monoisotopic (exact) mass is 278 g/mol. The number of hydrogen-bond acceptors (Lipinski definition) is 2. The van der Waals surface area contributed by atoms with Crippen LogP contribution in [0.5, 0.6) is 0 Å². The van der Waals surface area contributed by atoms with Gasteiger partial charge in [0, 0.05) is 16.2 Å². The third-order valence-electron chi connectivity index (χ3n) is 3.27. The molecule has 0 aromatic heterocycles. The van der Waals surface area contributed by atoms with Crippen molar-refractivity contribution in [1.29, 1.82) is 0 Å². The van der Waals surface area contributed by atoms with Crippen LogP contribution < -0.4 is 0 Å². The standard InChI is InChI=1S/C18H14OS/c19-12-14-5-3-9-17(11-14)20-13-16-8-4-7-15-6-1-2-10-18(15)16/h1-12H,13H2. The van der Waals surface area contributed by atoms with E-state index in [0.717, 1.165) is 22.5 Å². The van der Waals surface area contributed by atoms with Crippen LogP contribution in [0.1, 0.15) is 15.9 Å². The van der Waals surface area contributed by atoms with Gasteiger partial charge in [0.15, 0.2) is 0 Å². The van der Waals surface area contributed by atoms with Crippen molar-refractivity contribution in [3.63, 3.8) is 0 Å². The van der Waals surface area contributed by atoms with Crippen molar-refractivity contribution < 1.29 is 4.79 Å². The molecule has 0 saturated carbocycles. The van der Waals surface area contributed by atoms with Gasteiger partial charge < -0.3 is 0 Å². The van der Waals surface area contributed by atoms with Crippen molar-refractivity contribution in [3.8, 4) is 0 Å². The van der Waals surface area contributed by atoms with E-state index in [1.165, 1.54) is 16.3 Å². The highest BCUT2D eigenvalue weighted by molar-refractivity contribution is 7.98. The number of thioether (sulfide) groups is 1. The number of rotatable bonds is 4. The van der Waals surface area contributed by atoms with E-state index in [2.05, 4.69) is 42.5 Å². The van der Waals surface area contributed by atoms with E-state index >= 15 is 0 Å². The second-order valence-corrected chi connectivity index (χ2v) is 5.67. The van der Waals surface area contributed by atoms with Gasteiger partial charge in [-0.05, 0) is 28.5 Å². The van der Waals surface area contributed by atoms with Gasteiger partial charge in [-0.1, -0.05) is 54.6 Å². The highest BCUT2D eigenvalue weighted by Crippen LogP contribution is 2.27. The van der Waals surface area contributed by atoms with Gasteiger partial charge in [-0.3, -0.25) is 4.79 Å². The summed E-state index contributed by atoms with van der Waals surface area (Å²) in [5.74, 6) is 0.906. The minimum atomic E-state index is 0.730. The summed E-state index contributed by atoms with van der Waals surface area (Å²) >= 11 is 1.76. The third kappa shape index (κ3) is 2.75. The molecule has 0 unspecified atom stereocenters. The number of fused-ring (bicyclic) bond motifs is 1. The van der Waals surface area contributed by atoms with Crippen LogP contribution in [0.3, 0.4) is 0 Å². The van der Waals surface area contributed by atoms with Gasteiger partial charge in [0.05, 0.1) is 0 Å². The molecule has 0 fully saturated rings. The van der Waals surface area contributed by atoms with Gasteiger partial charge in [0.25, 0.3) is 0 Å². The molecule has 1 nitrogen and oxygen atoms in total. The quantitative estimate of drug-likeness (QED) is 0.496. The number of carbonyl (C=O) groups is 1. The molecule has 0 aliphatic heterocycles. The van der Waals surface area contributed by atoms with Crippen molar-refractivity contribution in [2.45, 2.75) is 10.6 Å². The Morgan fingerprint density at radius 1 is 0.900 bits per heavy atom. The zero-order valence-corrected chi connectivity index (χ0v) is 11.8. The number of aldehydes is 1. The molecule has 0 aliphatic carbocycles. The summed E-state index contributed by atoms with van der Waals surface area (Å²) in [5, 5.41) is 2.57. The van der Waals surface area contributed by atoms with Gasteiger partial charge in [-0.2, -0.15) is 0 Å². The Bertz CT molecular complexity index is 744. The van der Waals surface area contributed by atoms with Crippen LogP contribution >= 0.6 is 11.8 Å². The minimum Gasteiger partial charge on any atom is -0.298 e. The summed E-state index contributed by atoms with van der Waals surface area (Å²) in [6.07, 6.45) is 0.891. The Kier molecular flexibility index (Phi) is 3.84. The molecule has 0 spiro atoms. The Hall–Kier alpha value is -2.06. The van der Waals surface area contributed by atoms with Crippen LogP contribution in [0.2, 0.25) is 0 Å². The summed E-state index contributed by atoms with van der Waals surface area (Å²) in [6, 6.07) is 22.6. The Morgan fingerprint density at radius 2 is 1.70 bits per heavy atom. The first-order chi connectivity index (χ1) is 9.86. The molecule has 98 valence electrons. The topological polar surface area (TPSA) is 17.1 Å². The van der Waals surface area contributed by atoms with Crippen molar-refractivity contribution in [2.24, 2.45) is 0 Å². The second kappa shape index (κ2) is 5.93. The first-order valence-corrected chi connectivity index (χ1v) is 7.50. The lowest BCUT2D eigenvalue weighted by molar-refractivity contribution is 0.112. The number of benzene rings is 3. The third-order valence-corrected chi connectivity index (χ3v) is 4.31. The molecule has 3 aromatic rings. The Balaban J connectivity index is 1.84. The highest BCUT2D eigenvalue weighted by Gasteiger charge is 2.02. The summed E-state index contributed by atoms with van der Waals surface area (Å²) in [6.45, 7) is 0. The lowest BCUT2D eigenvalue weighted by Crippen LogP contribution is -1.85. The first kappa shape index (κ1) is 12.9. The SMILES string of the molecule is O=Cc1cccc(SCc2cccc3ccccc23)c1. The maximum absolute atomic E-state index is 10.8. The van der Waals surface area contributed by atoms with Crippen molar-refractivity contribution >= 4 is 28.8 Å². The van der Waals surface area contributed by atoms with Gasteiger partial charge in [0.2, 0.25) is 0 Å². The lowest BCUT2D eigenvalue weighted by atomic mass is 10.1. The van der Waals surface area contributed by atoms with Crippen LogP contribution in [-0.2, 0) is 5.75 Å². The molecule has 0 heterocycles. The highest BCUT2D eigenvalue weighted by atomic mass is 32.2. The zero-order valence-electron chi connectivity index (χ0n) is 11.0. The largest absolute Gasteiger partial charge is 0.298 e. The molecular weight excluding hydrogens is 264 g/mol. The molecule has 2 heteroatoms. The molecule has 0 bridgehead atoms. The summed E-state index contributed by atoms with van der Waals surface area (Å²) in [7, 11) is 0. The second-order valence-electron chi connectivity index (χ2n) is 4.62. The molecule has 3 aromatic carbocycles. The van der Waals surface area contributed by atoms with E-state index in [1.807, 2.05) is 24.3 Å². The zero-order chi connectivity index (χ0) is 13.8. The fourth-order valence-corrected chi connectivity index (χ4v) is 3.23. The average Bonchev–Trinajstić information content (AvgIpc) is 2.53. The van der Waals surface area contributed by atoms with E-state index in [-0.39, 0.29) is 0 Å². The van der Waals surface area contributed by atoms with Crippen molar-refractivity contribution in [3.05, 3.63) is 77.9 Å². The van der Waals surface area contributed by atoms with Gasteiger partial charge >= 0.3 is 0 Å². The summed E-state index contributed by atoms with van der Waals surface area (Å²) < 4.78 is 0. The molecular formula is C18H14OS. The van der Waals surface area contributed by atoms with E-state index in [1.54, 1.807) is 11.8 Å². The van der Waals surface area contributed by atoms with Gasteiger partial charge in [0.1, 0.15) is 6.29 Å². The smallest absolute Gasteiger partial charge is 0.150 e. The van der Waals surface area contributed by atoms with E-state index < -0.39 is 0 Å². The molecule has 0 saturated heterocycles. The van der Waals surface area contributed by atoms with Gasteiger partial charge in [-0.15, -0.1) is 11.8 Å².